The van der Waals surface area contributed by atoms with Gasteiger partial charge in [0.15, 0.2) is 0 Å². The Hall–Kier alpha value is -0.590. The molecular weight excluding hydrogens is 188 g/mol. The third-order valence-corrected chi connectivity index (χ3v) is 3.04. The van der Waals surface area contributed by atoms with Crippen molar-refractivity contribution in [1.82, 2.24) is 5.32 Å². The normalized spacial score (nSPS) is 14.9. The van der Waals surface area contributed by atoms with E-state index in [4.69, 9.17) is 5.26 Å². The van der Waals surface area contributed by atoms with Crippen LogP contribution in [-0.4, -0.2) is 23.8 Å². The zero-order chi connectivity index (χ0) is 11.7. The highest BCUT2D eigenvalue weighted by atomic mass is 16.3. The monoisotopic (exact) mass is 212 g/mol. The smallest absolute Gasteiger partial charge is 0.0692 e. The van der Waals surface area contributed by atoms with Crippen molar-refractivity contribution in [2.24, 2.45) is 5.92 Å². The number of rotatable bonds is 8. The second kappa shape index (κ2) is 8.70. The second-order valence-electron chi connectivity index (χ2n) is 4.02. The Kier molecular flexibility index (Phi) is 8.35. The Balaban J connectivity index is 3.86. The van der Waals surface area contributed by atoms with Crippen molar-refractivity contribution in [3.8, 4) is 6.07 Å². The summed E-state index contributed by atoms with van der Waals surface area (Å²) >= 11 is 0. The average Bonchev–Trinajstić information content (AvgIpc) is 2.25. The van der Waals surface area contributed by atoms with Gasteiger partial charge in [-0.3, -0.25) is 0 Å². The van der Waals surface area contributed by atoms with Crippen LogP contribution in [0.15, 0.2) is 0 Å². The molecule has 2 unspecified atom stereocenters. The van der Waals surface area contributed by atoms with Crippen molar-refractivity contribution in [2.45, 2.75) is 58.6 Å². The highest BCUT2D eigenvalue weighted by Crippen LogP contribution is 2.12. The van der Waals surface area contributed by atoms with E-state index in [0.717, 1.165) is 19.3 Å². The fraction of sp³-hybridized carbons (Fsp3) is 0.917. The first-order valence-corrected chi connectivity index (χ1v) is 5.97. The molecule has 3 heteroatoms. The molecule has 0 spiro atoms. The van der Waals surface area contributed by atoms with Gasteiger partial charge in [0.1, 0.15) is 0 Å². The Morgan fingerprint density at radius 1 is 1.20 bits per heavy atom. The molecule has 0 radical (unpaired) electrons. The Morgan fingerprint density at radius 2 is 1.80 bits per heavy atom. The lowest BCUT2D eigenvalue weighted by Gasteiger charge is -2.22. The van der Waals surface area contributed by atoms with Crippen LogP contribution in [0, 0.1) is 17.2 Å². The predicted octanol–water partition coefficient (Wildman–Crippen LogP) is 2.07. The SMILES string of the molecule is CCC(CC#N)NCC(O)C(CC)CC. The van der Waals surface area contributed by atoms with Gasteiger partial charge in [-0.15, -0.1) is 0 Å². The summed E-state index contributed by atoms with van der Waals surface area (Å²) in [5.41, 5.74) is 0. The van der Waals surface area contributed by atoms with E-state index in [1.54, 1.807) is 0 Å². The molecule has 0 aromatic rings. The van der Waals surface area contributed by atoms with Crippen LogP contribution in [0.25, 0.3) is 0 Å². The minimum absolute atomic E-state index is 0.221. The van der Waals surface area contributed by atoms with E-state index in [-0.39, 0.29) is 12.1 Å². The van der Waals surface area contributed by atoms with Crippen molar-refractivity contribution in [3.05, 3.63) is 0 Å². The maximum absolute atomic E-state index is 9.88. The van der Waals surface area contributed by atoms with E-state index in [1.807, 2.05) is 0 Å². The van der Waals surface area contributed by atoms with Gasteiger partial charge in [0.05, 0.1) is 18.6 Å². The summed E-state index contributed by atoms with van der Waals surface area (Å²) in [7, 11) is 0. The lowest BCUT2D eigenvalue weighted by atomic mass is 9.96. The largest absolute Gasteiger partial charge is 0.392 e. The molecule has 88 valence electrons. The zero-order valence-electron chi connectivity index (χ0n) is 10.2. The molecule has 0 saturated carbocycles. The third-order valence-electron chi connectivity index (χ3n) is 3.04. The number of aliphatic hydroxyl groups excluding tert-OH is 1. The summed E-state index contributed by atoms with van der Waals surface area (Å²) < 4.78 is 0. The number of nitriles is 1. The van der Waals surface area contributed by atoms with Crippen LogP contribution >= 0.6 is 0 Å². The minimum Gasteiger partial charge on any atom is -0.392 e. The van der Waals surface area contributed by atoms with Crippen molar-refractivity contribution in [1.29, 1.82) is 5.26 Å². The maximum atomic E-state index is 9.88. The van der Waals surface area contributed by atoms with Gasteiger partial charge >= 0.3 is 0 Å². The summed E-state index contributed by atoms with van der Waals surface area (Å²) in [6.07, 6.45) is 3.19. The molecule has 2 N–H and O–H groups in total. The second-order valence-corrected chi connectivity index (χ2v) is 4.02. The molecule has 0 rings (SSSR count). The molecule has 0 aromatic carbocycles. The number of nitrogens with one attached hydrogen (secondary N) is 1. The molecule has 15 heavy (non-hydrogen) atoms. The fourth-order valence-electron chi connectivity index (χ4n) is 1.76. The topological polar surface area (TPSA) is 56.0 Å². The molecule has 0 heterocycles. The van der Waals surface area contributed by atoms with Crippen molar-refractivity contribution in [3.63, 3.8) is 0 Å². The standard InChI is InChI=1S/C12H24N2O/c1-4-10(5-2)12(15)9-14-11(6-3)7-8-13/h10-12,14-15H,4-7,9H2,1-3H3. The Labute approximate surface area is 93.5 Å². The molecule has 3 nitrogen and oxygen atoms in total. The predicted molar refractivity (Wildman–Crippen MR) is 62.4 cm³/mol. The molecule has 0 aliphatic heterocycles. The van der Waals surface area contributed by atoms with Crippen LogP contribution < -0.4 is 5.32 Å². The Bertz CT molecular complexity index is 185. The summed E-state index contributed by atoms with van der Waals surface area (Å²) in [5.74, 6) is 0.372. The van der Waals surface area contributed by atoms with Crippen LogP contribution in [0.5, 0.6) is 0 Å². The lowest BCUT2D eigenvalue weighted by molar-refractivity contribution is 0.0982. The molecule has 0 aliphatic rings. The third kappa shape index (κ3) is 5.76. The number of nitrogens with zero attached hydrogens (tertiary/aromatic N) is 1. The van der Waals surface area contributed by atoms with Crippen LogP contribution in [0.1, 0.15) is 46.5 Å². The van der Waals surface area contributed by atoms with E-state index in [1.165, 1.54) is 0 Å². The molecule has 0 amide bonds. The lowest BCUT2D eigenvalue weighted by Crippen LogP contribution is -2.38. The summed E-state index contributed by atoms with van der Waals surface area (Å²) in [4.78, 5) is 0. The van der Waals surface area contributed by atoms with Gasteiger partial charge in [0.2, 0.25) is 0 Å². The highest BCUT2D eigenvalue weighted by molar-refractivity contribution is 4.81. The molecule has 0 aliphatic carbocycles. The molecule has 0 fully saturated rings. The molecule has 0 aromatic heterocycles. The van der Waals surface area contributed by atoms with Gasteiger partial charge in [-0.25, -0.2) is 0 Å². The highest BCUT2D eigenvalue weighted by Gasteiger charge is 2.16. The van der Waals surface area contributed by atoms with Gasteiger partial charge in [0.25, 0.3) is 0 Å². The summed E-state index contributed by atoms with van der Waals surface area (Å²) in [6, 6.07) is 2.38. The van der Waals surface area contributed by atoms with E-state index in [2.05, 4.69) is 32.2 Å². The quantitative estimate of drug-likeness (QED) is 0.647. The van der Waals surface area contributed by atoms with Crippen molar-refractivity contribution >= 4 is 0 Å². The van der Waals surface area contributed by atoms with Crippen LogP contribution in [0.3, 0.4) is 0 Å². The van der Waals surface area contributed by atoms with E-state index >= 15 is 0 Å². The van der Waals surface area contributed by atoms with Gasteiger partial charge in [-0.05, 0) is 12.3 Å². The molecule has 0 saturated heterocycles. The van der Waals surface area contributed by atoms with Crippen LogP contribution in [0.4, 0.5) is 0 Å². The van der Waals surface area contributed by atoms with Gasteiger partial charge < -0.3 is 10.4 Å². The van der Waals surface area contributed by atoms with E-state index < -0.39 is 0 Å². The number of hydrogen-bond acceptors (Lipinski definition) is 3. The maximum Gasteiger partial charge on any atom is 0.0692 e. The molecule has 2 atom stereocenters. The molecular formula is C12H24N2O. The zero-order valence-corrected chi connectivity index (χ0v) is 10.2. The fourth-order valence-corrected chi connectivity index (χ4v) is 1.76. The van der Waals surface area contributed by atoms with Gasteiger partial charge in [-0.1, -0.05) is 33.6 Å². The average molecular weight is 212 g/mol. The van der Waals surface area contributed by atoms with Crippen LogP contribution in [0.2, 0.25) is 0 Å². The van der Waals surface area contributed by atoms with E-state index in [9.17, 15) is 5.11 Å². The minimum atomic E-state index is -0.284. The summed E-state index contributed by atoms with van der Waals surface area (Å²) in [5, 5.41) is 21.7. The van der Waals surface area contributed by atoms with Crippen LogP contribution in [-0.2, 0) is 0 Å². The molecule has 0 bridgehead atoms. The Morgan fingerprint density at radius 3 is 2.20 bits per heavy atom. The number of hydrogen-bond donors (Lipinski definition) is 2. The first kappa shape index (κ1) is 14.4. The summed E-state index contributed by atoms with van der Waals surface area (Å²) in [6.45, 7) is 6.86. The van der Waals surface area contributed by atoms with E-state index in [0.29, 0.717) is 18.9 Å². The van der Waals surface area contributed by atoms with Gasteiger partial charge in [0, 0.05) is 12.6 Å². The first-order chi connectivity index (χ1) is 7.19. The first-order valence-electron chi connectivity index (χ1n) is 5.97. The van der Waals surface area contributed by atoms with Gasteiger partial charge in [-0.2, -0.15) is 5.26 Å². The van der Waals surface area contributed by atoms with Crippen molar-refractivity contribution in [2.75, 3.05) is 6.54 Å². The number of aliphatic hydroxyl groups is 1. The van der Waals surface area contributed by atoms with Crippen molar-refractivity contribution < 1.29 is 5.11 Å².